The molecule has 1 atom stereocenters. The average molecular weight is 392 g/mol. The van der Waals surface area contributed by atoms with Crippen molar-refractivity contribution < 1.29 is 4.79 Å². The highest BCUT2D eigenvalue weighted by atomic mass is 16.2. The summed E-state index contributed by atoms with van der Waals surface area (Å²) in [5.74, 6) is 0.146. The van der Waals surface area contributed by atoms with Gasteiger partial charge in [0, 0.05) is 42.8 Å². The van der Waals surface area contributed by atoms with Crippen molar-refractivity contribution in [2.24, 2.45) is 0 Å². The molecule has 0 N–H and O–H groups in total. The Labute approximate surface area is 172 Å². The second-order valence-corrected chi connectivity index (χ2v) is 7.99. The van der Waals surface area contributed by atoms with Gasteiger partial charge in [-0.25, -0.2) is 0 Å². The fourth-order valence-electron chi connectivity index (χ4n) is 4.21. The minimum atomic E-state index is 0.146. The van der Waals surface area contributed by atoms with E-state index in [9.17, 15) is 4.79 Å². The third-order valence-corrected chi connectivity index (χ3v) is 5.78. The fourth-order valence-corrected chi connectivity index (χ4v) is 4.21. The molecule has 1 aromatic carbocycles. The van der Waals surface area contributed by atoms with Gasteiger partial charge >= 0.3 is 0 Å². The van der Waals surface area contributed by atoms with Gasteiger partial charge in [0.15, 0.2) is 0 Å². The molecule has 0 unspecified atom stereocenters. The topological polar surface area (TPSA) is 56.0 Å². The first kappa shape index (κ1) is 19.4. The molecule has 4 rings (SSSR count). The molecule has 6 heteroatoms. The lowest BCUT2D eigenvalue weighted by atomic mass is 9.98. The number of carbonyl (C=O) groups is 1. The quantitative estimate of drug-likeness (QED) is 0.642. The van der Waals surface area contributed by atoms with Crippen LogP contribution in [0.15, 0.2) is 48.8 Å². The number of likely N-dealkylation sites (tertiary alicyclic amines) is 1. The molecule has 1 aliphatic heterocycles. The molecule has 152 valence electrons. The summed E-state index contributed by atoms with van der Waals surface area (Å²) < 4.78 is 3.95. The predicted molar refractivity (Wildman–Crippen MR) is 113 cm³/mol. The van der Waals surface area contributed by atoms with Crippen molar-refractivity contribution in [3.63, 3.8) is 0 Å². The second kappa shape index (κ2) is 8.64. The molecule has 3 aromatic rings. The number of aromatic nitrogens is 4. The van der Waals surface area contributed by atoms with Crippen LogP contribution in [-0.4, -0.2) is 43.0 Å². The molecule has 0 bridgehead atoms. The summed E-state index contributed by atoms with van der Waals surface area (Å²) in [7, 11) is 0. The van der Waals surface area contributed by atoms with E-state index in [0.29, 0.717) is 0 Å². The van der Waals surface area contributed by atoms with Crippen LogP contribution in [0.2, 0.25) is 0 Å². The summed E-state index contributed by atoms with van der Waals surface area (Å²) in [6.07, 6.45) is 8.08. The van der Waals surface area contributed by atoms with Crippen LogP contribution in [0.1, 0.15) is 53.0 Å². The lowest BCUT2D eigenvalue weighted by Gasteiger charge is -2.36. The highest BCUT2D eigenvalue weighted by Gasteiger charge is 2.27. The normalized spacial score (nSPS) is 16.9. The molecule has 29 heavy (non-hydrogen) atoms. The number of rotatable bonds is 6. The summed E-state index contributed by atoms with van der Waals surface area (Å²) in [5.41, 5.74) is 4.10. The SMILES string of the molecule is Cc1cc(C)n(Cc2ccc(C(=O)N3CCCC[C@@H]3CCn3cccn3)cc2)n1. The first-order valence-electron chi connectivity index (χ1n) is 10.5. The van der Waals surface area contributed by atoms with Crippen LogP contribution in [0.5, 0.6) is 0 Å². The van der Waals surface area contributed by atoms with E-state index in [1.807, 2.05) is 52.8 Å². The van der Waals surface area contributed by atoms with Crippen LogP contribution < -0.4 is 0 Å². The van der Waals surface area contributed by atoms with Crippen LogP contribution in [-0.2, 0) is 13.1 Å². The largest absolute Gasteiger partial charge is 0.336 e. The molecule has 2 aromatic heterocycles. The molecule has 0 saturated carbocycles. The standard InChI is InChI=1S/C23H29N5O/c1-18-16-19(2)28(25-18)17-20-7-9-21(10-8-20)23(29)27-14-4-3-6-22(27)11-15-26-13-5-12-24-26/h5,7-10,12-13,16,22H,3-4,6,11,14-15,17H2,1-2H3/t22-/m1/s1. The van der Waals surface area contributed by atoms with Crippen LogP contribution in [0, 0.1) is 13.8 Å². The molecule has 1 aliphatic rings. The minimum Gasteiger partial charge on any atom is -0.336 e. The Balaban J connectivity index is 1.42. The number of aryl methyl sites for hydroxylation is 3. The zero-order chi connectivity index (χ0) is 20.2. The third-order valence-electron chi connectivity index (χ3n) is 5.78. The number of hydrogen-bond donors (Lipinski definition) is 0. The molecule has 3 heterocycles. The smallest absolute Gasteiger partial charge is 0.254 e. The van der Waals surface area contributed by atoms with Crippen molar-refractivity contribution in [3.05, 3.63) is 71.3 Å². The maximum Gasteiger partial charge on any atom is 0.254 e. The number of nitrogens with zero attached hydrogens (tertiary/aromatic N) is 5. The van der Waals surface area contributed by atoms with Gasteiger partial charge < -0.3 is 4.90 Å². The van der Waals surface area contributed by atoms with E-state index in [-0.39, 0.29) is 11.9 Å². The van der Waals surface area contributed by atoms with E-state index in [0.717, 1.165) is 61.4 Å². The average Bonchev–Trinajstić information content (AvgIpc) is 3.36. The summed E-state index contributed by atoms with van der Waals surface area (Å²) >= 11 is 0. The first-order chi connectivity index (χ1) is 14.1. The number of amides is 1. The van der Waals surface area contributed by atoms with Crippen molar-refractivity contribution >= 4 is 5.91 Å². The van der Waals surface area contributed by atoms with Gasteiger partial charge in [0.2, 0.25) is 0 Å². The molecule has 1 saturated heterocycles. The van der Waals surface area contributed by atoms with E-state index in [2.05, 4.69) is 28.1 Å². The van der Waals surface area contributed by atoms with Crippen molar-refractivity contribution in [3.8, 4) is 0 Å². The number of piperidine rings is 1. The van der Waals surface area contributed by atoms with Crippen molar-refractivity contribution in [2.75, 3.05) is 6.54 Å². The molecule has 6 nitrogen and oxygen atoms in total. The highest BCUT2D eigenvalue weighted by Crippen LogP contribution is 2.23. The molecular weight excluding hydrogens is 362 g/mol. The monoisotopic (exact) mass is 391 g/mol. The van der Waals surface area contributed by atoms with Gasteiger partial charge in [0.1, 0.15) is 0 Å². The first-order valence-corrected chi connectivity index (χ1v) is 10.5. The Hall–Kier alpha value is -2.89. The summed E-state index contributed by atoms with van der Waals surface area (Å²) in [4.78, 5) is 15.3. The van der Waals surface area contributed by atoms with E-state index < -0.39 is 0 Å². The van der Waals surface area contributed by atoms with E-state index in [1.54, 1.807) is 6.20 Å². The summed E-state index contributed by atoms with van der Waals surface area (Å²) in [6.45, 7) is 6.49. The van der Waals surface area contributed by atoms with Gasteiger partial charge in [-0.3, -0.25) is 14.2 Å². The van der Waals surface area contributed by atoms with Crippen molar-refractivity contribution in [2.45, 2.75) is 58.7 Å². The Morgan fingerprint density at radius 1 is 1.17 bits per heavy atom. The Morgan fingerprint density at radius 2 is 2.00 bits per heavy atom. The van der Waals surface area contributed by atoms with Crippen LogP contribution >= 0.6 is 0 Å². The Morgan fingerprint density at radius 3 is 2.69 bits per heavy atom. The minimum absolute atomic E-state index is 0.146. The van der Waals surface area contributed by atoms with E-state index >= 15 is 0 Å². The van der Waals surface area contributed by atoms with Gasteiger partial charge in [-0.1, -0.05) is 12.1 Å². The van der Waals surface area contributed by atoms with Crippen LogP contribution in [0.4, 0.5) is 0 Å². The summed E-state index contributed by atoms with van der Waals surface area (Å²) in [6, 6.07) is 12.3. The van der Waals surface area contributed by atoms with Crippen molar-refractivity contribution in [1.29, 1.82) is 0 Å². The van der Waals surface area contributed by atoms with Gasteiger partial charge in [0.25, 0.3) is 5.91 Å². The van der Waals surface area contributed by atoms with Gasteiger partial charge in [-0.2, -0.15) is 10.2 Å². The van der Waals surface area contributed by atoms with E-state index in [1.165, 1.54) is 6.42 Å². The van der Waals surface area contributed by atoms with Gasteiger partial charge in [0.05, 0.1) is 12.2 Å². The van der Waals surface area contributed by atoms with Crippen LogP contribution in [0.25, 0.3) is 0 Å². The number of benzene rings is 1. The molecule has 0 spiro atoms. The van der Waals surface area contributed by atoms with Crippen LogP contribution in [0.3, 0.4) is 0 Å². The molecule has 1 fully saturated rings. The highest BCUT2D eigenvalue weighted by molar-refractivity contribution is 5.94. The van der Waals surface area contributed by atoms with Crippen molar-refractivity contribution in [1.82, 2.24) is 24.5 Å². The second-order valence-electron chi connectivity index (χ2n) is 7.99. The maximum absolute atomic E-state index is 13.2. The predicted octanol–water partition coefficient (Wildman–Crippen LogP) is 3.83. The fraction of sp³-hybridized carbons (Fsp3) is 0.435. The summed E-state index contributed by atoms with van der Waals surface area (Å²) in [5, 5.41) is 8.81. The zero-order valence-corrected chi connectivity index (χ0v) is 17.3. The Bertz CT molecular complexity index is 942. The molecular formula is C23H29N5O. The zero-order valence-electron chi connectivity index (χ0n) is 17.3. The lowest BCUT2D eigenvalue weighted by molar-refractivity contribution is 0.0594. The van der Waals surface area contributed by atoms with Gasteiger partial charge in [-0.05, 0) is 69.4 Å². The molecule has 1 amide bonds. The third kappa shape index (κ3) is 4.58. The Kier molecular flexibility index (Phi) is 5.79. The number of carbonyl (C=O) groups excluding carboxylic acids is 1. The molecule has 0 radical (unpaired) electrons. The lowest BCUT2D eigenvalue weighted by Crippen LogP contribution is -2.44. The molecule has 0 aliphatic carbocycles. The van der Waals surface area contributed by atoms with Gasteiger partial charge in [-0.15, -0.1) is 0 Å². The van der Waals surface area contributed by atoms with E-state index in [4.69, 9.17) is 0 Å². The number of hydrogen-bond acceptors (Lipinski definition) is 3. The maximum atomic E-state index is 13.2.